The number of aryl methyl sites for hydroxylation is 1. The highest BCUT2D eigenvalue weighted by Gasteiger charge is 2.17. The Morgan fingerprint density at radius 2 is 2.00 bits per heavy atom. The zero-order chi connectivity index (χ0) is 12.1. The van der Waals surface area contributed by atoms with Gasteiger partial charge in [-0.2, -0.15) is 10.5 Å². The van der Waals surface area contributed by atoms with Crippen LogP contribution < -0.4 is 0 Å². The molecular weight excluding hydrogens is 198 g/mol. The second kappa shape index (κ2) is 5.30. The van der Waals surface area contributed by atoms with Crippen LogP contribution >= 0.6 is 0 Å². The molecule has 0 radical (unpaired) electrons. The monoisotopic (exact) mass is 213 g/mol. The van der Waals surface area contributed by atoms with Gasteiger partial charge in [0.2, 0.25) is 0 Å². The molecule has 1 aromatic carbocycles. The second-order valence-corrected chi connectivity index (χ2v) is 3.97. The fourth-order valence-corrected chi connectivity index (χ4v) is 1.76. The summed E-state index contributed by atoms with van der Waals surface area (Å²) >= 11 is 0. The van der Waals surface area contributed by atoms with Gasteiger partial charge in [-0.25, -0.2) is 0 Å². The molecule has 3 nitrogen and oxygen atoms in total. The summed E-state index contributed by atoms with van der Waals surface area (Å²) in [7, 11) is 3.73. The maximum atomic E-state index is 9.16. The summed E-state index contributed by atoms with van der Waals surface area (Å²) in [6.45, 7) is 1.97. The molecular formula is C13H15N3. The zero-order valence-electron chi connectivity index (χ0n) is 9.86. The molecule has 82 valence electrons. The van der Waals surface area contributed by atoms with Crippen LogP contribution in [-0.4, -0.2) is 19.0 Å². The van der Waals surface area contributed by atoms with Gasteiger partial charge < -0.3 is 0 Å². The van der Waals surface area contributed by atoms with Gasteiger partial charge >= 0.3 is 0 Å². The molecule has 0 aliphatic carbocycles. The molecule has 0 saturated heterocycles. The molecule has 0 aliphatic rings. The summed E-state index contributed by atoms with van der Waals surface area (Å²) in [5, 5.41) is 18.0. The van der Waals surface area contributed by atoms with Crippen LogP contribution in [0, 0.1) is 29.6 Å². The van der Waals surface area contributed by atoms with Crippen LogP contribution in [0.2, 0.25) is 0 Å². The van der Waals surface area contributed by atoms with E-state index in [1.165, 1.54) is 0 Å². The van der Waals surface area contributed by atoms with Crippen LogP contribution in [0.1, 0.15) is 22.7 Å². The summed E-state index contributed by atoms with van der Waals surface area (Å²) in [6, 6.07) is 9.95. The van der Waals surface area contributed by atoms with Gasteiger partial charge in [0.05, 0.1) is 18.6 Å². The van der Waals surface area contributed by atoms with Crippen molar-refractivity contribution in [1.82, 2.24) is 4.90 Å². The molecule has 0 N–H and O–H groups in total. The van der Waals surface area contributed by atoms with Crippen molar-refractivity contribution in [3.63, 3.8) is 0 Å². The standard InChI is InChI=1S/C13H15N3/c1-10-5-4-6-12(11(10)7-8-14)13(9-15)16(2)3/h4-6,13H,7H2,1-3H3. The fourth-order valence-electron chi connectivity index (χ4n) is 1.76. The predicted molar refractivity (Wildman–Crippen MR) is 62.5 cm³/mol. The van der Waals surface area contributed by atoms with Gasteiger partial charge in [0.25, 0.3) is 0 Å². The Morgan fingerprint density at radius 3 is 2.50 bits per heavy atom. The Hall–Kier alpha value is -1.84. The molecule has 0 aliphatic heterocycles. The first kappa shape index (κ1) is 12.2. The van der Waals surface area contributed by atoms with Crippen molar-refractivity contribution in [2.75, 3.05) is 14.1 Å². The highest BCUT2D eigenvalue weighted by Crippen LogP contribution is 2.24. The summed E-state index contributed by atoms with van der Waals surface area (Å²) in [5.74, 6) is 0. The van der Waals surface area contributed by atoms with Crippen molar-refractivity contribution in [3.8, 4) is 12.1 Å². The zero-order valence-corrected chi connectivity index (χ0v) is 9.86. The first-order chi connectivity index (χ1) is 7.61. The fraction of sp³-hybridized carbons (Fsp3) is 0.385. The first-order valence-electron chi connectivity index (χ1n) is 5.13. The molecule has 1 aromatic rings. The lowest BCUT2D eigenvalue weighted by Crippen LogP contribution is -2.20. The minimum absolute atomic E-state index is 0.289. The van der Waals surface area contributed by atoms with E-state index in [2.05, 4.69) is 12.1 Å². The Bertz CT molecular complexity index is 449. The average molecular weight is 213 g/mol. The molecule has 1 atom stereocenters. The lowest BCUT2D eigenvalue weighted by molar-refractivity contribution is 0.357. The molecule has 0 bridgehead atoms. The van der Waals surface area contributed by atoms with Crippen LogP contribution in [0.4, 0.5) is 0 Å². The van der Waals surface area contributed by atoms with Gasteiger partial charge in [0.15, 0.2) is 0 Å². The van der Waals surface area contributed by atoms with E-state index < -0.39 is 0 Å². The van der Waals surface area contributed by atoms with E-state index >= 15 is 0 Å². The van der Waals surface area contributed by atoms with Crippen LogP contribution in [0.25, 0.3) is 0 Å². The summed E-state index contributed by atoms with van der Waals surface area (Å²) in [6.07, 6.45) is 0.355. The van der Waals surface area contributed by atoms with Crippen LogP contribution in [-0.2, 0) is 6.42 Å². The number of nitriles is 2. The van der Waals surface area contributed by atoms with Crippen molar-refractivity contribution in [3.05, 3.63) is 34.9 Å². The smallest absolute Gasteiger partial charge is 0.123 e. The summed E-state index contributed by atoms with van der Waals surface area (Å²) < 4.78 is 0. The van der Waals surface area contributed by atoms with Crippen LogP contribution in [0.15, 0.2) is 18.2 Å². The summed E-state index contributed by atoms with van der Waals surface area (Å²) in [5.41, 5.74) is 2.99. The van der Waals surface area contributed by atoms with Crippen molar-refractivity contribution < 1.29 is 0 Å². The molecule has 0 spiro atoms. The topological polar surface area (TPSA) is 50.8 Å². The minimum Gasteiger partial charge on any atom is -0.291 e. The van der Waals surface area contributed by atoms with Gasteiger partial charge in [-0.1, -0.05) is 18.2 Å². The van der Waals surface area contributed by atoms with Gasteiger partial charge in [-0.15, -0.1) is 0 Å². The first-order valence-corrected chi connectivity index (χ1v) is 5.13. The van der Waals surface area contributed by atoms with Crippen molar-refractivity contribution >= 4 is 0 Å². The predicted octanol–water partition coefficient (Wildman–Crippen LogP) is 2.19. The number of benzene rings is 1. The van der Waals surface area contributed by atoms with Crippen molar-refractivity contribution in [2.24, 2.45) is 0 Å². The minimum atomic E-state index is -0.289. The Labute approximate surface area is 96.5 Å². The Morgan fingerprint density at radius 1 is 1.31 bits per heavy atom. The quantitative estimate of drug-likeness (QED) is 0.773. The molecule has 0 saturated carbocycles. The molecule has 1 rings (SSSR count). The van der Waals surface area contributed by atoms with Crippen LogP contribution in [0.5, 0.6) is 0 Å². The van der Waals surface area contributed by atoms with Crippen molar-refractivity contribution in [1.29, 1.82) is 10.5 Å². The lowest BCUT2D eigenvalue weighted by Gasteiger charge is -2.20. The molecule has 3 heteroatoms. The Kier molecular flexibility index (Phi) is 4.05. The largest absolute Gasteiger partial charge is 0.291 e. The number of hydrogen-bond donors (Lipinski definition) is 0. The van der Waals surface area contributed by atoms with E-state index in [-0.39, 0.29) is 6.04 Å². The third kappa shape index (κ3) is 2.39. The third-order valence-electron chi connectivity index (χ3n) is 2.64. The second-order valence-electron chi connectivity index (χ2n) is 3.97. The van der Waals surface area contributed by atoms with Gasteiger partial charge in [-0.3, -0.25) is 4.90 Å². The van der Waals surface area contributed by atoms with E-state index in [0.717, 1.165) is 16.7 Å². The number of nitrogens with zero attached hydrogens (tertiary/aromatic N) is 3. The molecule has 0 aromatic heterocycles. The maximum Gasteiger partial charge on any atom is 0.123 e. The lowest BCUT2D eigenvalue weighted by atomic mass is 9.94. The molecule has 1 unspecified atom stereocenters. The molecule has 16 heavy (non-hydrogen) atoms. The van der Waals surface area contributed by atoms with E-state index in [1.54, 1.807) is 0 Å². The van der Waals surface area contributed by atoms with Gasteiger partial charge in [-0.05, 0) is 37.7 Å². The third-order valence-corrected chi connectivity index (χ3v) is 2.64. The summed E-state index contributed by atoms with van der Waals surface area (Å²) in [4.78, 5) is 1.86. The van der Waals surface area contributed by atoms with E-state index in [0.29, 0.717) is 6.42 Å². The normalized spacial score (nSPS) is 11.9. The van der Waals surface area contributed by atoms with E-state index in [4.69, 9.17) is 10.5 Å². The highest BCUT2D eigenvalue weighted by molar-refractivity contribution is 5.40. The van der Waals surface area contributed by atoms with Gasteiger partial charge in [0, 0.05) is 0 Å². The van der Waals surface area contributed by atoms with Crippen molar-refractivity contribution in [2.45, 2.75) is 19.4 Å². The van der Waals surface area contributed by atoms with Crippen LogP contribution in [0.3, 0.4) is 0 Å². The van der Waals surface area contributed by atoms with E-state index in [1.807, 2.05) is 44.1 Å². The molecule has 0 heterocycles. The number of hydrogen-bond acceptors (Lipinski definition) is 3. The van der Waals surface area contributed by atoms with E-state index in [9.17, 15) is 0 Å². The Balaban J connectivity index is 3.28. The molecule has 0 amide bonds. The molecule has 0 fully saturated rings. The van der Waals surface area contributed by atoms with Gasteiger partial charge in [0.1, 0.15) is 6.04 Å². The SMILES string of the molecule is Cc1cccc(C(C#N)N(C)C)c1CC#N. The number of rotatable bonds is 3. The maximum absolute atomic E-state index is 9.16. The highest BCUT2D eigenvalue weighted by atomic mass is 15.1. The average Bonchev–Trinajstić information content (AvgIpc) is 2.23.